The summed E-state index contributed by atoms with van der Waals surface area (Å²) in [5, 5.41) is 12.8. The van der Waals surface area contributed by atoms with Crippen LogP contribution in [0.25, 0.3) is 21.1 Å². The molecule has 2 unspecified atom stereocenters. The van der Waals surface area contributed by atoms with E-state index >= 15 is 0 Å². The van der Waals surface area contributed by atoms with Crippen molar-refractivity contribution in [1.82, 2.24) is 15.2 Å². The number of hydrogen-bond donors (Lipinski definition) is 2. The summed E-state index contributed by atoms with van der Waals surface area (Å²) in [6, 6.07) is 11.7. The average molecular weight is 372 g/mol. The first-order chi connectivity index (χ1) is 13.4. The number of hydrogen-bond acceptors (Lipinski definition) is 4. The van der Waals surface area contributed by atoms with Gasteiger partial charge in [-0.3, -0.25) is 5.10 Å². The molecular weight excluding hydrogens is 352 g/mol. The summed E-state index contributed by atoms with van der Waals surface area (Å²) in [7, 11) is 0. The molecule has 2 aromatic carbocycles. The van der Waals surface area contributed by atoms with Crippen LogP contribution in [0.15, 0.2) is 42.0 Å². The van der Waals surface area contributed by atoms with Crippen molar-refractivity contribution in [2.75, 3.05) is 5.32 Å². The van der Waals surface area contributed by atoms with E-state index in [1.807, 2.05) is 11.7 Å². The lowest BCUT2D eigenvalue weighted by molar-refractivity contribution is 0.249. The van der Waals surface area contributed by atoms with Gasteiger partial charge in [0.05, 0.1) is 33.5 Å². The Bertz CT molecular complexity index is 1190. The second kappa shape index (κ2) is 5.10. The van der Waals surface area contributed by atoms with Crippen LogP contribution in [0.4, 0.5) is 5.69 Å². The topological polar surface area (TPSA) is 53.6 Å². The lowest BCUT2D eigenvalue weighted by Crippen LogP contribution is -2.35. The number of anilines is 1. The molecule has 27 heavy (non-hydrogen) atoms. The van der Waals surface area contributed by atoms with Crippen LogP contribution >= 0.6 is 11.3 Å². The van der Waals surface area contributed by atoms with Gasteiger partial charge in [0.15, 0.2) is 0 Å². The number of benzene rings is 2. The zero-order valence-electron chi connectivity index (χ0n) is 14.9. The standard InChI is InChI=1S/C22H20N4S/c1-2-12-7-11(1)19-20(12)22(13-3-4-16-18(8-13)27-10-23-16)25-17-6-5-15-14(21(17)19)9-24-26-15/h3-6,8-12,19-20,22,25H,1-2,7H2,(H,24,26)/t11?,12?,19-,20+,22-/m0/s1. The zero-order chi connectivity index (χ0) is 17.5. The first-order valence-electron chi connectivity index (χ1n) is 9.92. The van der Waals surface area contributed by atoms with E-state index in [9.17, 15) is 0 Å². The van der Waals surface area contributed by atoms with Gasteiger partial charge in [-0.05, 0) is 78.3 Å². The maximum Gasteiger partial charge on any atom is 0.0812 e. The van der Waals surface area contributed by atoms with Gasteiger partial charge in [0.25, 0.3) is 0 Å². The van der Waals surface area contributed by atoms with Gasteiger partial charge < -0.3 is 5.32 Å². The molecule has 3 aliphatic rings. The molecule has 0 amide bonds. The summed E-state index contributed by atoms with van der Waals surface area (Å²) in [5.74, 6) is 3.01. The van der Waals surface area contributed by atoms with Crippen molar-refractivity contribution >= 4 is 38.1 Å². The Hall–Kier alpha value is -2.40. The van der Waals surface area contributed by atoms with Gasteiger partial charge in [0.1, 0.15) is 0 Å². The number of nitrogens with zero attached hydrogens (tertiary/aromatic N) is 2. The minimum Gasteiger partial charge on any atom is -0.378 e. The molecule has 2 fully saturated rings. The van der Waals surface area contributed by atoms with Gasteiger partial charge in [-0.1, -0.05) is 6.07 Å². The smallest absolute Gasteiger partial charge is 0.0812 e. The predicted octanol–water partition coefficient (Wildman–Crippen LogP) is 5.47. The van der Waals surface area contributed by atoms with E-state index in [-0.39, 0.29) is 0 Å². The fraction of sp³-hybridized carbons (Fsp3) is 0.364. The maximum absolute atomic E-state index is 4.46. The normalized spacial score (nSPS) is 31.2. The van der Waals surface area contributed by atoms with Crippen LogP contribution in [-0.4, -0.2) is 15.2 Å². The molecule has 4 nitrogen and oxygen atoms in total. The minimum absolute atomic E-state index is 0.397. The van der Waals surface area contributed by atoms with Gasteiger partial charge in [-0.15, -0.1) is 11.3 Å². The molecule has 7 rings (SSSR count). The highest BCUT2D eigenvalue weighted by Gasteiger charge is 2.54. The molecule has 3 heterocycles. The number of H-pyrrole nitrogens is 1. The Balaban J connectivity index is 1.44. The Labute approximate surface area is 161 Å². The van der Waals surface area contributed by atoms with E-state index in [1.165, 1.54) is 51.7 Å². The number of nitrogens with one attached hydrogen (secondary N) is 2. The summed E-state index contributed by atoms with van der Waals surface area (Å²) < 4.78 is 1.30. The Morgan fingerprint density at radius 3 is 3.04 bits per heavy atom. The molecule has 1 aliphatic heterocycles. The molecular formula is C22H20N4S. The molecule has 2 N–H and O–H groups in total. The highest BCUT2D eigenvalue weighted by Crippen LogP contribution is 2.64. The lowest BCUT2D eigenvalue weighted by atomic mass is 9.67. The molecule has 0 saturated heterocycles. The van der Waals surface area contributed by atoms with Gasteiger partial charge in [0.2, 0.25) is 0 Å². The molecule has 134 valence electrons. The van der Waals surface area contributed by atoms with Crippen molar-refractivity contribution in [2.24, 2.45) is 17.8 Å². The van der Waals surface area contributed by atoms with Crippen LogP contribution in [-0.2, 0) is 0 Å². The number of rotatable bonds is 1. The first-order valence-corrected chi connectivity index (χ1v) is 10.8. The molecule has 2 bridgehead atoms. The van der Waals surface area contributed by atoms with Crippen LogP contribution in [0.1, 0.15) is 42.3 Å². The number of thiazole rings is 1. The van der Waals surface area contributed by atoms with Gasteiger partial charge in [-0.25, -0.2) is 4.98 Å². The van der Waals surface area contributed by atoms with Crippen LogP contribution in [0.2, 0.25) is 0 Å². The monoisotopic (exact) mass is 372 g/mol. The predicted molar refractivity (Wildman–Crippen MR) is 109 cm³/mol. The lowest BCUT2D eigenvalue weighted by Gasteiger charge is -2.43. The average Bonchev–Trinajstić information content (AvgIpc) is 3.49. The largest absolute Gasteiger partial charge is 0.378 e. The number of aromatic nitrogens is 3. The van der Waals surface area contributed by atoms with E-state index < -0.39 is 0 Å². The van der Waals surface area contributed by atoms with E-state index in [0.717, 1.165) is 17.4 Å². The molecule has 5 atom stereocenters. The van der Waals surface area contributed by atoms with Crippen molar-refractivity contribution in [3.05, 3.63) is 53.2 Å². The molecule has 2 aromatic heterocycles. The van der Waals surface area contributed by atoms with Gasteiger partial charge in [-0.2, -0.15) is 5.10 Å². The highest BCUT2D eigenvalue weighted by molar-refractivity contribution is 7.16. The third-order valence-corrected chi connectivity index (χ3v) is 8.18. The Morgan fingerprint density at radius 2 is 2.04 bits per heavy atom. The van der Waals surface area contributed by atoms with Crippen molar-refractivity contribution in [1.29, 1.82) is 0 Å². The summed E-state index contributed by atoms with van der Waals surface area (Å²) in [4.78, 5) is 4.46. The van der Waals surface area contributed by atoms with Crippen molar-refractivity contribution in [2.45, 2.75) is 31.2 Å². The van der Waals surface area contributed by atoms with Gasteiger partial charge in [0, 0.05) is 11.1 Å². The fourth-order valence-electron chi connectivity index (χ4n) is 6.40. The van der Waals surface area contributed by atoms with Gasteiger partial charge >= 0.3 is 0 Å². The molecule has 2 saturated carbocycles. The van der Waals surface area contributed by atoms with Crippen LogP contribution in [0, 0.1) is 17.8 Å². The van der Waals surface area contributed by atoms with E-state index in [4.69, 9.17) is 0 Å². The van der Waals surface area contributed by atoms with Crippen molar-refractivity contribution in [3.8, 4) is 0 Å². The summed E-state index contributed by atoms with van der Waals surface area (Å²) in [6.45, 7) is 0. The molecule has 4 aromatic rings. The summed E-state index contributed by atoms with van der Waals surface area (Å²) in [6.07, 6.45) is 6.20. The van der Waals surface area contributed by atoms with Crippen LogP contribution < -0.4 is 5.32 Å². The SMILES string of the molecule is c1nc2ccc([C@@H]3Nc4ccc5[nH]ncc5c4[C@H]4C5CCC(C5)[C@@H]34)cc2s1. The highest BCUT2D eigenvalue weighted by atomic mass is 32.1. The fourth-order valence-corrected chi connectivity index (χ4v) is 7.13. The zero-order valence-corrected chi connectivity index (χ0v) is 15.7. The van der Waals surface area contributed by atoms with Crippen LogP contribution in [0.5, 0.6) is 0 Å². The Kier molecular flexibility index (Phi) is 2.77. The second-order valence-corrected chi connectivity index (χ2v) is 9.38. The van der Waals surface area contributed by atoms with Crippen LogP contribution in [0.3, 0.4) is 0 Å². The van der Waals surface area contributed by atoms with Crippen molar-refractivity contribution < 1.29 is 0 Å². The maximum atomic E-state index is 4.46. The summed E-state index contributed by atoms with van der Waals surface area (Å²) >= 11 is 1.74. The van der Waals surface area contributed by atoms with E-state index in [0.29, 0.717) is 17.9 Å². The quantitative estimate of drug-likeness (QED) is 0.466. The number of aromatic amines is 1. The molecule has 0 radical (unpaired) electrons. The third kappa shape index (κ3) is 1.88. The molecule has 5 heteroatoms. The number of fused-ring (bicyclic) bond motifs is 10. The van der Waals surface area contributed by atoms with Crippen molar-refractivity contribution in [3.63, 3.8) is 0 Å². The van der Waals surface area contributed by atoms with E-state index in [2.05, 4.69) is 50.8 Å². The molecule has 2 aliphatic carbocycles. The molecule has 0 spiro atoms. The third-order valence-electron chi connectivity index (χ3n) is 7.39. The summed E-state index contributed by atoms with van der Waals surface area (Å²) in [5.41, 5.74) is 8.49. The Morgan fingerprint density at radius 1 is 1.07 bits per heavy atom. The minimum atomic E-state index is 0.397. The van der Waals surface area contributed by atoms with E-state index in [1.54, 1.807) is 11.3 Å². The second-order valence-electron chi connectivity index (χ2n) is 8.50. The first kappa shape index (κ1) is 14.6.